The molecule has 2 atom stereocenters. The topological polar surface area (TPSA) is 24.9 Å². The van der Waals surface area contributed by atoms with E-state index in [1.165, 1.54) is 16.7 Å². The summed E-state index contributed by atoms with van der Waals surface area (Å²) in [5, 5.41) is 5.49. The lowest BCUT2D eigenvalue weighted by Gasteiger charge is -2.22. The number of hydrogen-bond donors (Lipinski definition) is 1. The molecule has 3 heteroatoms. The Bertz CT molecular complexity index is 464. The largest absolute Gasteiger partial charge is 0.313 e. The van der Waals surface area contributed by atoms with E-state index in [9.17, 15) is 0 Å². The van der Waals surface area contributed by atoms with E-state index in [0.717, 1.165) is 5.52 Å². The summed E-state index contributed by atoms with van der Waals surface area (Å²) in [5.41, 5.74) is 2.40. The van der Waals surface area contributed by atoms with Gasteiger partial charge in [-0.05, 0) is 36.0 Å². The van der Waals surface area contributed by atoms with Gasteiger partial charge in [0.25, 0.3) is 0 Å². The normalized spacial score (nSPS) is 15.2. The number of nitrogens with zero attached hydrogens (tertiary/aromatic N) is 1. The van der Waals surface area contributed by atoms with Gasteiger partial charge in [0.15, 0.2) is 0 Å². The second-order valence-corrected chi connectivity index (χ2v) is 5.17. The van der Waals surface area contributed by atoms with Crippen LogP contribution in [0.25, 0.3) is 10.2 Å². The van der Waals surface area contributed by atoms with Gasteiger partial charge in [-0.25, -0.2) is 0 Å². The van der Waals surface area contributed by atoms with Crippen LogP contribution in [0.2, 0.25) is 0 Å². The van der Waals surface area contributed by atoms with Crippen LogP contribution in [0.4, 0.5) is 0 Å². The lowest BCUT2D eigenvalue weighted by atomic mass is 9.94. The molecule has 0 aliphatic carbocycles. The van der Waals surface area contributed by atoms with E-state index in [0.29, 0.717) is 12.0 Å². The second-order valence-electron chi connectivity index (χ2n) is 4.22. The van der Waals surface area contributed by atoms with E-state index in [1.807, 2.05) is 13.2 Å². The third kappa shape index (κ3) is 2.11. The Morgan fingerprint density at radius 3 is 3.00 bits per heavy atom. The fourth-order valence-corrected chi connectivity index (χ4v) is 2.84. The monoisotopic (exact) mass is 234 g/mol. The van der Waals surface area contributed by atoms with Gasteiger partial charge in [0.05, 0.1) is 10.2 Å². The number of thiophene rings is 1. The molecule has 0 saturated carbocycles. The van der Waals surface area contributed by atoms with Crippen molar-refractivity contribution in [1.82, 2.24) is 10.3 Å². The van der Waals surface area contributed by atoms with E-state index >= 15 is 0 Å². The van der Waals surface area contributed by atoms with Gasteiger partial charge in [-0.15, -0.1) is 11.3 Å². The summed E-state index contributed by atoms with van der Waals surface area (Å²) in [6.45, 7) is 4.51. The third-order valence-electron chi connectivity index (χ3n) is 3.21. The van der Waals surface area contributed by atoms with Gasteiger partial charge in [0.1, 0.15) is 0 Å². The van der Waals surface area contributed by atoms with Gasteiger partial charge in [0.2, 0.25) is 0 Å². The lowest BCUT2D eigenvalue weighted by Crippen LogP contribution is -2.23. The summed E-state index contributed by atoms with van der Waals surface area (Å²) in [7, 11) is 2.02. The highest BCUT2D eigenvalue weighted by Crippen LogP contribution is 2.27. The maximum Gasteiger partial charge on any atom is 0.0809 e. The van der Waals surface area contributed by atoms with Gasteiger partial charge in [-0.3, -0.25) is 4.98 Å². The molecule has 0 amide bonds. The molecule has 1 N–H and O–H groups in total. The van der Waals surface area contributed by atoms with Crippen LogP contribution in [0.5, 0.6) is 0 Å². The fourth-order valence-electron chi connectivity index (χ4n) is 2.05. The predicted molar refractivity (Wildman–Crippen MR) is 70.9 cm³/mol. The Morgan fingerprint density at radius 1 is 1.50 bits per heavy atom. The average Bonchev–Trinajstić information content (AvgIpc) is 2.77. The zero-order valence-corrected chi connectivity index (χ0v) is 10.8. The summed E-state index contributed by atoms with van der Waals surface area (Å²) in [6.07, 6.45) is 3.18. The molecule has 0 bridgehead atoms. The first-order valence-corrected chi connectivity index (χ1v) is 6.64. The number of nitrogens with one attached hydrogen (secondary N) is 1. The number of rotatable bonds is 4. The van der Waals surface area contributed by atoms with Crippen molar-refractivity contribution in [3.63, 3.8) is 0 Å². The molecule has 0 fully saturated rings. The highest BCUT2D eigenvalue weighted by molar-refractivity contribution is 7.17. The summed E-state index contributed by atoms with van der Waals surface area (Å²) in [5.74, 6) is 0.629. The molecule has 2 aromatic heterocycles. The first-order chi connectivity index (χ1) is 7.76. The molecule has 2 nitrogen and oxygen atoms in total. The Kier molecular flexibility index (Phi) is 3.56. The Balaban J connectivity index is 2.36. The highest BCUT2D eigenvalue weighted by Gasteiger charge is 2.16. The van der Waals surface area contributed by atoms with Gasteiger partial charge in [0, 0.05) is 12.2 Å². The van der Waals surface area contributed by atoms with Crippen LogP contribution in [-0.4, -0.2) is 12.0 Å². The minimum absolute atomic E-state index is 0.406. The smallest absolute Gasteiger partial charge is 0.0809 e. The molecule has 0 aliphatic heterocycles. The van der Waals surface area contributed by atoms with Crippen molar-refractivity contribution in [3.8, 4) is 0 Å². The third-order valence-corrected chi connectivity index (χ3v) is 4.06. The van der Waals surface area contributed by atoms with Crippen molar-refractivity contribution in [3.05, 3.63) is 29.3 Å². The van der Waals surface area contributed by atoms with Crippen LogP contribution in [0.1, 0.15) is 31.9 Å². The number of hydrogen-bond acceptors (Lipinski definition) is 3. The molecule has 16 heavy (non-hydrogen) atoms. The van der Waals surface area contributed by atoms with E-state index in [1.54, 1.807) is 11.3 Å². The van der Waals surface area contributed by atoms with Crippen LogP contribution >= 0.6 is 11.3 Å². The molecular weight excluding hydrogens is 216 g/mol. The Morgan fingerprint density at radius 2 is 2.31 bits per heavy atom. The van der Waals surface area contributed by atoms with Gasteiger partial charge in [-0.1, -0.05) is 20.3 Å². The molecule has 2 unspecified atom stereocenters. The van der Waals surface area contributed by atoms with Crippen molar-refractivity contribution in [1.29, 1.82) is 0 Å². The van der Waals surface area contributed by atoms with Crippen LogP contribution in [0.3, 0.4) is 0 Å². The van der Waals surface area contributed by atoms with Gasteiger partial charge >= 0.3 is 0 Å². The van der Waals surface area contributed by atoms with Crippen molar-refractivity contribution < 1.29 is 0 Å². The molecule has 0 spiro atoms. The molecule has 0 radical (unpaired) electrons. The molecule has 2 heterocycles. The Labute approximate surface area is 101 Å². The first kappa shape index (κ1) is 11.6. The van der Waals surface area contributed by atoms with Crippen molar-refractivity contribution in [2.75, 3.05) is 7.05 Å². The van der Waals surface area contributed by atoms with Crippen LogP contribution in [-0.2, 0) is 0 Å². The Hall–Kier alpha value is -0.930. The standard InChI is InChI=1S/C13H18N2S/c1-4-9(2)13(14-3)10-7-12-11(15-8-10)5-6-16-12/h5-9,13-14H,4H2,1-3H3. The minimum Gasteiger partial charge on any atom is -0.313 e. The van der Waals surface area contributed by atoms with Gasteiger partial charge < -0.3 is 5.32 Å². The van der Waals surface area contributed by atoms with Crippen molar-refractivity contribution >= 4 is 21.6 Å². The van der Waals surface area contributed by atoms with Crippen LogP contribution in [0.15, 0.2) is 23.7 Å². The van der Waals surface area contributed by atoms with E-state index in [-0.39, 0.29) is 0 Å². The summed E-state index contributed by atoms with van der Waals surface area (Å²) < 4.78 is 1.28. The van der Waals surface area contributed by atoms with E-state index in [4.69, 9.17) is 0 Å². The fraction of sp³-hybridized carbons (Fsp3) is 0.462. The second kappa shape index (κ2) is 4.93. The van der Waals surface area contributed by atoms with Crippen LogP contribution < -0.4 is 5.32 Å². The molecular formula is C13H18N2S. The molecule has 2 aromatic rings. The number of pyridine rings is 1. The van der Waals surface area contributed by atoms with E-state index < -0.39 is 0 Å². The van der Waals surface area contributed by atoms with Gasteiger partial charge in [-0.2, -0.15) is 0 Å². The SMILES string of the molecule is CCC(C)C(NC)c1cnc2ccsc2c1. The zero-order chi connectivity index (χ0) is 11.5. The molecule has 86 valence electrons. The maximum absolute atomic E-state index is 4.50. The quantitative estimate of drug-likeness (QED) is 0.874. The predicted octanol–water partition coefficient (Wildman–Crippen LogP) is 3.60. The lowest BCUT2D eigenvalue weighted by molar-refractivity contribution is 0.400. The zero-order valence-electron chi connectivity index (χ0n) is 10.0. The summed E-state index contributed by atoms with van der Waals surface area (Å²) in [4.78, 5) is 4.50. The molecule has 0 aromatic carbocycles. The first-order valence-electron chi connectivity index (χ1n) is 5.76. The molecule has 0 aliphatic rings. The average molecular weight is 234 g/mol. The highest BCUT2D eigenvalue weighted by atomic mass is 32.1. The number of fused-ring (bicyclic) bond motifs is 1. The minimum atomic E-state index is 0.406. The maximum atomic E-state index is 4.50. The molecule has 2 rings (SSSR count). The molecule has 0 saturated heterocycles. The van der Waals surface area contributed by atoms with E-state index in [2.05, 4.69) is 41.7 Å². The van der Waals surface area contributed by atoms with Crippen LogP contribution in [0, 0.1) is 5.92 Å². The number of aromatic nitrogens is 1. The van der Waals surface area contributed by atoms with Crippen molar-refractivity contribution in [2.24, 2.45) is 5.92 Å². The summed E-state index contributed by atoms with van der Waals surface area (Å²) >= 11 is 1.76. The summed E-state index contributed by atoms with van der Waals surface area (Å²) in [6, 6.07) is 4.74. The van der Waals surface area contributed by atoms with Crippen molar-refractivity contribution in [2.45, 2.75) is 26.3 Å².